The van der Waals surface area contributed by atoms with Crippen LogP contribution in [0, 0.1) is 0 Å². The Morgan fingerprint density at radius 3 is 2.14 bits per heavy atom. The van der Waals surface area contributed by atoms with Crippen LogP contribution >= 0.6 is 15.9 Å². The van der Waals surface area contributed by atoms with Crippen molar-refractivity contribution in [2.45, 2.75) is 0 Å². The Morgan fingerprint density at radius 1 is 0.571 bits per heavy atom. The van der Waals surface area contributed by atoms with E-state index in [-0.39, 0.29) is 0 Å². The van der Waals surface area contributed by atoms with Gasteiger partial charge in [-0.2, -0.15) is 0 Å². The first-order valence-corrected chi connectivity index (χ1v) is 7.53. The van der Waals surface area contributed by atoms with Gasteiger partial charge in [0.2, 0.25) is 0 Å². The first-order chi connectivity index (χ1) is 10.3. The number of hydrogen-bond donors (Lipinski definition) is 0. The molecule has 21 heavy (non-hydrogen) atoms. The summed E-state index contributed by atoms with van der Waals surface area (Å²) in [5, 5.41) is 4.39. The molecule has 0 saturated carbocycles. The maximum Gasteiger partial charge on any atom is 0.178 e. The smallest absolute Gasteiger partial charge is 0.178 e. The predicted octanol–water partition coefficient (Wildman–Crippen LogP) is 6.25. The molecule has 0 aliphatic rings. The Kier molecular flexibility index (Phi) is 2.11. The highest BCUT2D eigenvalue weighted by molar-refractivity contribution is 9.10. The normalized spacial score (nSPS) is 12.0. The van der Waals surface area contributed by atoms with Gasteiger partial charge in [0.1, 0.15) is 11.2 Å². The third kappa shape index (κ3) is 1.41. The minimum Gasteiger partial charge on any atom is -0.452 e. The van der Waals surface area contributed by atoms with Gasteiger partial charge in [-0.05, 0) is 40.2 Å². The Labute approximate surface area is 128 Å². The van der Waals surface area contributed by atoms with E-state index >= 15 is 0 Å². The summed E-state index contributed by atoms with van der Waals surface area (Å²) in [5.74, 6) is 0. The van der Waals surface area contributed by atoms with E-state index < -0.39 is 0 Å². The van der Waals surface area contributed by atoms with Gasteiger partial charge in [0.15, 0.2) is 11.2 Å². The number of furan rings is 2. The Balaban J connectivity index is 2.09. The van der Waals surface area contributed by atoms with Crippen molar-refractivity contribution < 1.29 is 8.83 Å². The number of halogens is 1. The molecular formula is C18H9BrO2. The molecule has 0 aliphatic heterocycles. The van der Waals surface area contributed by atoms with Gasteiger partial charge in [-0.15, -0.1) is 0 Å². The molecule has 0 N–H and O–H groups in total. The second-order valence-corrected chi connectivity index (χ2v) is 5.99. The van der Waals surface area contributed by atoms with Crippen LogP contribution in [0.1, 0.15) is 0 Å². The average molecular weight is 337 g/mol. The maximum absolute atomic E-state index is 6.09. The van der Waals surface area contributed by atoms with Crippen molar-refractivity contribution in [1.82, 2.24) is 0 Å². The number of para-hydroxylation sites is 2. The molecule has 100 valence electrons. The lowest BCUT2D eigenvalue weighted by atomic mass is 10.1. The third-order valence-electron chi connectivity index (χ3n) is 3.96. The quantitative estimate of drug-likeness (QED) is 0.334. The fourth-order valence-corrected chi connectivity index (χ4v) is 3.45. The topological polar surface area (TPSA) is 26.3 Å². The molecule has 2 heterocycles. The average Bonchev–Trinajstić information content (AvgIpc) is 3.06. The highest BCUT2D eigenvalue weighted by Crippen LogP contribution is 2.39. The molecule has 5 rings (SSSR count). The summed E-state index contributed by atoms with van der Waals surface area (Å²) in [6.07, 6.45) is 0. The van der Waals surface area contributed by atoms with E-state index in [1.54, 1.807) is 0 Å². The van der Waals surface area contributed by atoms with Crippen molar-refractivity contribution in [3.8, 4) is 0 Å². The van der Waals surface area contributed by atoms with E-state index in [0.29, 0.717) is 0 Å². The Hall–Kier alpha value is -2.26. The second-order valence-electron chi connectivity index (χ2n) is 5.14. The highest BCUT2D eigenvalue weighted by Gasteiger charge is 2.16. The minimum absolute atomic E-state index is 0.811. The Bertz CT molecular complexity index is 1150. The first-order valence-electron chi connectivity index (χ1n) is 6.74. The summed E-state index contributed by atoms with van der Waals surface area (Å²) in [7, 11) is 0. The van der Waals surface area contributed by atoms with E-state index in [4.69, 9.17) is 8.83 Å². The first kappa shape index (κ1) is 11.4. The van der Waals surface area contributed by atoms with Gasteiger partial charge in [-0.1, -0.05) is 30.3 Å². The molecule has 0 amide bonds. The summed E-state index contributed by atoms with van der Waals surface area (Å²) in [5.41, 5.74) is 3.38. The zero-order valence-electron chi connectivity index (χ0n) is 10.9. The SMILES string of the molecule is Brc1cccc2c1oc1c2ccc2c3ccccc3oc21. The Morgan fingerprint density at radius 2 is 1.24 bits per heavy atom. The van der Waals surface area contributed by atoms with Crippen LogP contribution in [-0.4, -0.2) is 0 Å². The molecule has 0 spiro atoms. The highest BCUT2D eigenvalue weighted by atomic mass is 79.9. The predicted molar refractivity (Wildman–Crippen MR) is 88.7 cm³/mol. The lowest BCUT2D eigenvalue weighted by molar-refractivity contribution is 0.632. The van der Waals surface area contributed by atoms with Crippen LogP contribution < -0.4 is 0 Å². The van der Waals surface area contributed by atoms with Crippen LogP contribution in [0.5, 0.6) is 0 Å². The summed E-state index contributed by atoms with van der Waals surface area (Å²) >= 11 is 3.55. The van der Waals surface area contributed by atoms with Gasteiger partial charge >= 0.3 is 0 Å². The van der Waals surface area contributed by atoms with E-state index in [1.165, 1.54) is 0 Å². The van der Waals surface area contributed by atoms with Gasteiger partial charge < -0.3 is 8.83 Å². The summed E-state index contributed by atoms with van der Waals surface area (Å²) in [6.45, 7) is 0. The molecule has 0 atom stereocenters. The van der Waals surface area contributed by atoms with Crippen LogP contribution in [0.4, 0.5) is 0 Å². The van der Waals surface area contributed by atoms with Crippen LogP contribution in [0.2, 0.25) is 0 Å². The lowest BCUT2D eigenvalue weighted by Crippen LogP contribution is -1.68. The van der Waals surface area contributed by atoms with Crippen molar-refractivity contribution in [2.75, 3.05) is 0 Å². The molecule has 0 saturated heterocycles. The number of hydrogen-bond acceptors (Lipinski definition) is 2. The second kappa shape index (κ2) is 3.89. The molecule has 0 unspecified atom stereocenters. The van der Waals surface area contributed by atoms with Gasteiger partial charge in [0.25, 0.3) is 0 Å². The van der Waals surface area contributed by atoms with E-state index in [1.807, 2.05) is 30.3 Å². The standard InChI is InChI=1S/C18H9BrO2/c19-14-6-3-5-11-13-9-8-12-10-4-1-2-7-15(10)20-17(12)18(13)21-16(11)14/h1-9H. The van der Waals surface area contributed by atoms with Gasteiger partial charge in [0, 0.05) is 21.5 Å². The largest absolute Gasteiger partial charge is 0.452 e. The van der Waals surface area contributed by atoms with Crippen molar-refractivity contribution in [1.29, 1.82) is 0 Å². The van der Waals surface area contributed by atoms with E-state index in [9.17, 15) is 0 Å². The number of rotatable bonds is 0. The van der Waals surface area contributed by atoms with Gasteiger partial charge in [-0.25, -0.2) is 0 Å². The van der Waals surface area contributed by atoms with Crippen molar-refractivity contribution in [3.63, 3.8) is 0 Å². The van der Waals surface area contributed by atoms with Crippen LogP contribution in [0.3, 0.4) is 0 Å². The monoisotopic (exact) mass is 336 g/mol. The summed E-state index contributed by atoms with van der Waals surface area (Å²) in [4.78, 5) is 0. The van der Waals surface area contributed by atoms with Crippen molar-refractivity contribution in [3.05, 3.63) is 59.1 Å². The zero-order valence-corrected chi connectivity index (χ0v) is 12.5. The van der Waals surface area contributed by atoms with Gasteiger partial charge in [-0.3, -0.25) is 0 Å². The van der Waals surface area contributed by atoms with Gasteiger partial charge in [0.05, 0.1) is 4.47 Å². The summed E-state index contributed by atoms with van der Waals surface area (Å²) < 4.78 is 13.1. The van der Waals surface area contributed by atoms with Crippen molar-refractivity contribution >= 4 is 59.8 Å². The third-order valence-corrected chi connectivity index (χ3v) is 4.59. The number of benzene rings is 3. The molecule has 0 fully saturated rings. The molecule has 0 aliphatic carbocycles. The fourth-order valence-electron chi connectivity index (χ4n) is 3.00. The molecule has 0 radical (unpaired) electrons. The lowest BCUT2D eigenvalue weighted by Gasteiger charge is -1.91. The van der Waals surface area contributed by atoms with Crippen molar-refractivity contribution in [2.24, 2.45) is 0 Å². The minimum atomic E-state index is 0.811. The van der Waals surface area contributed by atoms with Crippen LogP contribution in [0.15, 0.2) is 67.9 Å². The fraction of sp³-hybridized carbons (Fsp3) is 0. The summed E-state index contributed by atoms with van der Waals surface area (Å²) in [6, 6.07) is 18.4. The van der Waals surface area contributed by atoms with E-state index in [2.05, 4.69) is 40.2 Å². The molecule has 3 heteroatoms. The molecule has 5 aromatic rings. The molecule has 0 bridgehead atoms. The van der Waals surface area contributed by atoms with Crippen LogP contribution in [0.25, 0.3) is 43.9 Å². The number of fused-ring (bicyclic) bond motifs is 7. The maximum atomic E-state index is 6.09. The molecule has 3 aromatic carbocycles. The molecule has 2 aromatic heterocycles. The van der Waals surface area contributed by atoms with E-state index in [0.717, 1.165) is 48.3 Å². The van der Waals surface area contributed by atoms with Crippen LogP contribution in [-0.2, 0) is 0 Å². The molecule has 2 nitrogen and oxygen atoms in total. The molecular weight excluding hydrogens is 328 g/mol. The zero-order chi connectivity index (χ0) is 14.0.